The number of rotatable bonds is 9. The van der Waals surface area contributed by atoms with Gasteiger partial charge in [0, 0.05) is 0 Å². The molecule has 5 heteroatoms. The molecule has 0 aliphatic carbocycles. The molecule has 88 valence electrons. The average Bonchev–Trinajstić information content (AvgIpc) is 2.12. The summed E-state index contributed by atoms with van der Waals surface area (Å²) < 4.78 is 4.89. The van der Waals surface area contributed by atoms with Crippen LogP contribution in [-0.4, -0.2) is 35.4 Å². The van der Waals surface area contributed by atoms with Crippen molar-refractivity contribution in [3.05, 3.63) is 0 Å². The molecule has 0 fully saturated rings. The maximum atomic E-state index is 10.5. The Morgan fingerprint density at radius 1 is 1.27 bits per heavy atom. The van der Waals surface area contributed by atoms with Crippen LogP contribution in [0.5, 0.6) is 0 Å². The number of hydrogen-bond acceptors (Lipinski definition) is 3. The molecule has 0 saturated carbocycles. The van der Waals surface area contributed by atoms with Crippen LogP contribution in [0.3, 0.4) is 0 Å². The van der Waals surface area contributed by atoms with Gasteiger partial charge in [-0.15, -0.1) is 0 Å². The highest BCUT2D eigenvalue weighted by Gasteiger charge is 2.13. The van der Waals surface area contributed by atoms with Crippen molar-refractivity contribution in [2.75, 3.05) is 13.2 Å². The third-order valence-electron chi connectivity index (χ3n) is 2.01. The van der Waals surface area contributed by atoms with Crippen LogP contribution in [0, 0.1) is 5.92 Å². The van der Waals surface area contributed by atoms with Crippen molar-refractivity contribution in [3.63, 3.8) is 0 Å². The van der Waals surface area contributed by atoms with Gasteiger partial charge in [-0.25, -0.2) is 4.79 Å². The Labute approximate surface area is 89.0 Å². The number of carbonyl (C=O) groups is 2. The Hall–Kier alpha value is -1.10. The number of carboxylic acid groups (broad SMARTS) is 2. The largest absolute Gasteiger partial charge is 0.481 e. The van der Waals surface area contributed by atoms with Gasteiger partial charge in [0.25, 0.3) is 0 Å². The second kappa shape index (κ2) is 8.23. The zero-order valence-corrected chi connectivity index (χ0v) is 8.94. The van der Waals surface area contributed by atoms with Gasteiger partial charge in [-0.1, -0.05) is 19.8 Å². The van der Waals surface area contributed by atoms with E-state index in [4.69, 9.17) is 14.9 Å². The van der Waals surface area contributed by atoms with Gasteiger partial charge >= 0.3 is 11.9 Å². The SMILES string of the molecule is CCCCC(COCC(=O)O)CC(=O)O. The van der Waals surface area contributed by atoms with Crippen molar-refractivity contribution >= 4 is 11.9 Å². The van der Waals surface area contributed by atoms with E-state index in [9.17, 15) is 9.59 Å². The van der Waals surface area contributed by atoms with Crippen LogP contribution in [0.25, 0.3) is 0 Å². The lowest BCUT2D eigenvalue weighted by molar-refractivity contribution is -0.143. The highest BCUT2D eigenvalue weighted by atomic mass is 16.5. The molecule has 0 aromatic carbocycles. The van der Waals surface area contributed by atoms with E-state index >= 15 is 0 Å². The van der Waals surface area contributed by atoms with Crippen LogP contribution in [0.4, 0.5) is 0 Å². The highest BCUT2D eigenvalue weighted by Crippen LogP contribution is 2.13. The first-order valence-corrected chi connectivity index (χ1v) is 5.07. The fourth-order valence-corrected chi connectivity index (χ4v) is 1.30. The molecular formula is C10H18O5. The van der Waals surface area contributed by atoms with Crippen LogP contribution in [0.1, 0.15) is 32.6 Å². The molecule has 0 aliphatic rings. The summed E-state index contributed by atoms with van der Waals surface area (Å²) in [6, 6.07) is 0. The van der Waals surface area contributed by atoms with E-state index in [1.165, 1.54) is 0 Å². The monoisotopic (exact) mass is 218 g/mol. The summed E-state index contributed by atoms with van der Waals surface area (Å²) in [6.07, 6.45) is 2.74. The van der Waals surface area contributed by atoms with Crippen molar-refractivity contribution in [3.8, 4) is 0 Å². The number of unbranched alkanes of at least 4 members (excludes halogenated alkanes) is 1. The Balaban J connectivity index is 3.78. The second-order valence-electron chi connectivity index (χ2n) is 3.51. The molecule has 2 N–H and O–H groups in total. The van der Waals surface area contributed by atoms with Gasteiger partial charge in [-0.3, -0.25) is 4.79 Å². The molecule has 0 saturated heterocycles. The molecule has 0 spiro atoms. The minimum atomic E-state index is -1.03. The van der Waals surface area contributed by atoms with Crippen LogP contribution in [0.2, 0.25) is 0 Å². The third-order valence-corrected chi connectivity index (χ3v) is 2.01. The van der Waals surface area contributed by atoms with E-state index in [-0.39, 0.29) is 25.6 Å². The Morgan fingerprint density at radius 2 is 1.93 bits per heavy atom. The maximum absolute atomic E-state index is 10.5. The van der Waals surface area contributed by atoms with Gasteiger partial charge in [-0.2, -0.15) is 0 Å². The Kier molecular flexibility index (Phi) is 7.62. The number of carboxylic acids is 2. The van der Waals surface area contributed by atoms with Gasteiger partial charge in [0.05, 0.1) is 13.0 Å². The van der Waals surface area contributed by atoms with Crippen LogP contribution < -0.4 is 0 Å². The molecular weight excluding hydrogens is 200 g/mol. The molecule has 1 atom stereocenters. The maximum Gasteiger partial charge on any atom is 0.329 e. The molecule has 0 heterocycles. The average molecular weight is 218 g/mol. The zero-order valence-electron chi connectivity index (χ0n) is 8.94. The normalized spacial score (nSPS) is 12.3. The number of ether oxygens (including phenoxy) is 1. The smallest absolute Gasteiger partial charge is 0.329 e. The molecule has 0 bridgehead atoms. The molecule has 1 unspecified atom stereocenters. The van der Waals surface area contributed by atoms with Crippen molar-refractivity contribution in [1.82, 2.24) is 0 Å². The summed E-state index contributed by atoms with van der Waals surface area (Å²) in [4.78, 5) is 20.7. The first-order chi connectivity index (χ1) is 7.06. The molecule has 0 aromatic rings. The van der Waals surface area contributed by atoms with Crippen LogP contribution >= 0.6 is 0 Å². The van der Waals surface area contributed by atoms with Crippen molar-refractivity contribution in [2.24, 2.45) is 5.92 Å². The van der Waals surface area contributed by atoms with Crippen molar-refractivity contribution < 1.29 is 24.5 Å². The Morgan fingerprint density at radius 3 is 2.40 bits per heavy atom. The molecule has 5 nitrogen and oxygen atoms in total. The second-order valence-corrected chi connectivity index (χ2v) is 3.51. The van der Waals surface area contributed by atoms with Gasteiger partial charge in [0.15, 0.2) is 0 Å². The van der Waals surface area contributed by atoms with Gasteiger partial charge < -0.3 is 14.9 Å². The summed E-state index contributed by atoms with van der Waals surface area (Å²) in [5.41, 5.74) is 0. The Bertz CT molecular complexity index is 202. The summed E-state index contributed by atoms with van der Waals surface area (Å²) in [5.74, 6) is -1.98. The molecule has 0 aromatic heterocycles. The number of aliphatic carboxylic acids is 2. The molecule has 0 radical (unpaired) electrons. The molecule has 15 heavy (non-hydrogen) atoms. The summed E-state index contributed by atoms with van der Waals surface area (Å²) >= 11 is 0. The van der Waals surface area contributed by atoms with Gasteiger partial charge in [0.1, 0.15) is 6.61 Å². The van der Waals surface area contributed by atoms with E-state index in [1.807, 2.05) is 6.92 Å². The van der Waals surface area contributed by atoms with Gasteiger partial charge in [0.2, 0.25) is 0 Å². The van der Waals surface area contributed by atoms with Crippen LogP contribution in [0.15, 0.2) is 0 Å². The van der Waals surface area contributed by atoms with E-state index in [0.29, 0.717) is 0 Å². The molecule has 0 rings (SSSR count). The standard InChI is InChI=1S/C10H18O5/c1-2-3-4-8(5-9(11)12)6-15-7-10(13)14/h8H,2-7H2,1H3,(H,11,12)(H,13,14). The lowest BCUT2D eigenvalue weighted by Gasteiger charge is -2.13. The van der Waals surface area contributed by atoms with E-state index in [1.54, 1.807) is 0 Å². The summed E-state index contributed by atoms with van der Waals surface area (Å²) in [7, 11) is 0. The quantitative estimate of drug-likeness (QED) is 0.610. The minimum absolute atomic E-state index is 0.0413. The predicted molar refractivity (Wildman–Crippen MR) is 53.7 cm³/mol. The fraction of sp³-hybridized carbons (Fsp3) is 0.800. The summed E-state index contributed by atoms with van der Waals surface area (Å²) in [6.45, 7) is 1.87. The van der Waals surface area contributed by atoms with Crippen LogP contribution in [-0.2, 0) is 14.3 Å². The lowest BCUT2D eigenvalue weighted by atomic mass is 10.00. The van der Waals surface area contributed by atoms with E-state index in [2.05, 4.69) is 0 Å². The first kappa shape index (κ1) is 13.9. The first-order valence-electron chi connectivity index (χ1n) is 5.07. The number of hydrogen-bond donors (Lipinski definition) is 2. The van der Waals surface area contributed by atoms with Crippen molar-refractivity contribution in [1.29, 1.82) is 0 Å². The zero-order chi connectivity index (χ0) is 11.7. The van der Waals surface area contributed by atoms with Crippen molar-refractivity contribution in [2.45, 2.75) is 32.6 Å². The fourth-order valence-electron chi connectivity index (χ4n) is 1.30. The highest BCUT2D eigenvalue weighted by molar-refractivity contribution is 5.68. The lowest BCUT2D eigenvalue weighted by Crippen LogP contribution is -2.17. The summed E-state index contributed by atoms with van der Waals surface area (Å²) in [5, 5.41) is 17.0. The minimum Gasteiger partial charge on any atom is -0.481 e. The van der Waals surface area contributed by atoms with E-state index < -0.39 is 11.9 Å². The molecule has 0 aliphatic heterocycles. The van der Waals surface area contributed by atoms with Gasteiger partial charge in [-0.05, 0) is 12.3 Å². The predicted octanol–water partition coefficient (Wildman–Crippen LogP) is 1.37. The molecule has 0 amide bonds. The topological polar surface area (TPSA) is 83.8 Å². The third kappa shape index (κ3) is 9.21. The van der Waals surface area contributed by atoms with E-state index in [0.717, 1.165) is 19.3 Å².